The summed E-state index contributed by atoms with van der Waals surface area (Å²) in [5.74, 6) is 0.668. The number of benzene rings is 2. The van der Waals surface area contributed by atoms with Gasteiger partial charge >= 0.3 is 6.09 Å². The number of rotatable bonds is 4. The zero-order chi connectivity index (χ0) is 18.0. The van der Waals surface area contributed by atoms with Gasteiger partial charge in [-0.1, -0.05) is 36.4 Å². The molecule has 1 aliphatic carbocycles. The van der Waals surface area contributed by atoms with E-state index in [-0.39, 0.29) is 11.9 Å². The maximum atomic E-state index is 13.1. The first-order valence-electron chi connectivity index (χ1n) is 8.64. The first-order chi connectivity index (χ1) is 11.8. The summed E-state index contributed by atoms with van der Waals surface area (Å²) in [4.78, 5) is 11.7. The molecule has 2 aromatic carbocycles. The normalized spacial score (nSPS) is 19.4. The van der Waals surface area contributed by atoms with E-state index in [0.717, 1.165) is 17.5 Å². The molecule has 0 radical (unpaired) electrons. The lowest BCUT2D eigenvalue weighted by Crippen LogP contribution is -2.33. The summed E-state index contributed by atoms with van der Waals surface area (Å²) >= 11 is 0. The molecule has 0 bridgehead atoms. The second kappa shape index (κ2) is 6.87. The molecule has 132 valence electrons. The number of alkyl carbamates (subject to hydrolysis) is 1. The van der Waals surface area contributed by atoms with Crippen molar-refractivity contribution < 1.29 is 13.9 Å². The van der Waals surface area contributed by atoms with E-state index in [0.29, 0.717) is 18.4 Å². The van der Waals surface area contributed by atoms with Crippen molar-refractivity contribution in [3.63, 3.8) is 0 Å². The van der Waals surface area contributed by atoms with Crippen LogP contribution in [0.5, 0.6) is 0 Å². The van der Waals surface area contributed by atoms with Crippen LogP contribution in [-0.4, -0.2) is 18.2 Å². The van der Waals surface area contributed by atoms with Crippen LogP contribution < -0.4 is 5.32 Å². The van der Waals surface area contributed by atoms with Crippen LogP contribution in [0.3, 0.4) is 0 Å². The molecule has 25 heavy (non-hydrogen) atoms. The number of hydrogen-bond donors (Lipinski definition) is 1. The summed E-state index contributed by atoms with van der Waals surface area (Å²) in [6.07, 6.45) is 0.695. The van der Waals surface area contributed by atoms with Gasteiger partial charge in [-0.05, 0) is 67.9 Å². The molecule has 0 saturated heterocycles. The predicted octanol–water partition coefficient (Wildman–Crippen LogP) is 5.12. The van der Waals surface area contributed by atoms with Gasteiger partial charge < -0.3 is 10.1 Å². The van der Waals surface area contributed by atoms with Crippen LogP contribution in [0.2, 0.25) is 0 Å². The molecule has 2 atom stereocenters. The lowest BCUT2D eigenvalue weighted by Gasteiger charge is -2.19. The Kier molecular flexibility index (Phi) is 4.80. The first-order valence-corrected chi connectivity index (χ1v) is 8.64. The number of halogens is 1. The number of hydrogen-bond acceptors (Lipinski definition) is 2. The molecule has 2 unspecified atom stereocenters. The third-order valence-electron chi connectivity index (χ3n) is 4.32. The Bertz CT molecular complexity index is 749. The molecule has 1 N–H and O–H groups in total. The van der Waals surface area contributed by atoms with Crippen LogP contribution in [0.15, 0.2) is 48.5 Å². The van der Waals surface area contributed by atoms with Crippen LogP contribution in [0.4, 0.5) is 9.18 Å². The van der Waals surface area contributed by atoms with E-state index in [4.69, 9.17) is 4.74 Å². The van der Waals surface area contributed by atoms with Gasteiger partial charge in [0.25, 0.3) is 0 Å². The lowest BCUT2D eigenvalue weighted by molar-refractivity contribution is 0.0525. The molecule has 0 aromatic heterocycles. The molecule has 0 aliphatic heterocycles. The molecular weight excluding hydrogens is 317 g/mol. The molecule has 1 amide bonds. The number of ether oxygens (including phenoxy) is 1. The Morgan fingerprint density at radius 3 is 2.56 bits per heavy atom. The Labute approximate surface area is 148 Å². The maximum absolute atomic E-state index is 13.1. The van der Waals surface area contributed by atoms with E-state index >= 15 is 0 Å². The smallest absolute Gasteiger partial charge is 0.407 e. The monoisotopic (exact) mass is 341 g/mol. The molecule has 1 aliphatic rings. The van der Waals surface area contributed by atoms with Gasteiger partial charge in [0.15, 0.2) is 0 Å². The molecule has 1 saturated carbocycles. The molecule has 1 fully saturated rings. The fraction of sp³-hybridized carbons (Fsp3) is 0.381. The Morgan fingerprint density at radius 1 is 1.16 bits per heavy atom. The molecular formula is C21H24FNO2. The van der Waals surface area contributed by atoms with Crippen LogP contribution in [0.25, 0.3) is 11.1 Å². The van der Waals surface area contributed by atoms with E-state index in [1.807, 2.05) is 32.9 Å². The Morgan fingerprint density at radius 2 is 1.88 bits per heavy atom. The van der Waals surface area contributed by atoms with Gasteiger partial charge in [0.2, 0.25) is 0 Å². The minimum atomic E-state index is -0.476. The predicted molar refractivity (Wildman–Crippen MR) is 96.9 cm³/mol. The maximum Gasteiger partial charge on any atom is 0.407 e. The van der Waals surface area contributed by atoms with Crippen LogP contribution in [0, 0.1) is 11.7 Å². The molecule has 4 heteroatoms. The standard InChI is InChI=1S/C21H24FNO2/c1-21(2,3)25-20(24)23-13-17-12-19(17)16-6-4-5-15(11-16)14-7-9-18(22)10-8-14/h4-11,17,19H,12-13H2,1-3H3,(H,23,24). The van der Waals surface area contributed by atoms with Crippen molar-refractivity contribution in [1.82, 2.24) is 5.32 Å². The molecule has 3 nitrogen and oxygen atoms in total. The topological polar surface area (TPSA) is 38.3 Å². The van der Waals surface area contributed by atoms with E-state index in [1.165, 1.54) is 17.7 Å². The highest BCUT2D eigenvalue weighted by atomic mass is 19.1. The summed E-state index contributed by atoms with van der Waals surface area (Å²) < 4.78 is 18.3. The van der Waals surface area contributed by atoms with E-state index < -0.39 is 5.60 Å². The van der Waals surface area contributed by atoms with Gasteiger partial charge in [-0.25, -0.2) is 9.18 Å². The van der Waals surface area contributed by atoms with Gasteiger partial charge in [0.1, 0.15) is 11.4 Å². The van der Waals surface area contributed by atoms with Gasteiger partial charge in [-0.3, -0.25) is 0 Å². The van der Waals surface area contributed by atoms with Crippen molar-refractivity contribution in [2.75, 3.05) is 6.54 Å². The molecule has 0 heterocycles. The highest BCUT2D eigenvalue weighted by Gasteiger charge is 2.38. The summed E-state index contributed by atoms with van der Waals surface area (Å²) in [5, 5.41) is 2.85. The minimum Gasteiger partial charge on any atom is -0.444 e. The van der Waals surface area contributed by atoms with Crippen molar-refractivity contribution >= 4 is 6.09 Å². The average Bonchev–Trinajstić information content (AvgIpc) is 3.32. The van der Waals surface area contributed by atoms with Crippen molar-refractivity contribution in [2.45, 2.75) is 38.7 Å². The van der Waals surface area contributed by atoms with Crippen LogP contribution in [-0.2, 0) is 4.74 Å². The summed E-state index contributed by atoms with van der Waals surface area (Å²) in [6, 6.07) is 14.9. The van der Waals surface area contributed by atoms with Gasteiger partial charge in [0, 0.05) is 6.54 Å². The number of carbonyl (C=O) groups is 1. The summed E-state index contributed by atoms with van der Waals surface area (Å²) in [7, 11) is 0. The van der Waals surface area contributed by atoms with E-state index in [9.17, 15) is 9.18 Å². The SMILES string of the molecule is CC(C)(C)OC(=O)NCC1CC1c1cccc(-c2ccc(F)cc2)c1. The van der Waals surface area contributed by atoms with Crippen molar-refractivity contribution in [3.8, 4) is 11.1 Å². The quantitative estimate of drug-likeness (QED) is 0.838. The second-order valence-corrected chi connectivity index (χ2v) is 7.62. The number of carbonyl (C=O) groups excluding carboxylic acids is 1. The van der Waals surface area contributed by atoms with E-state index in [2.05, 4.69) is 17.4 Å². The molecule has 0 spiro atoms. The lowest BCUT2D eigenvalue weighted by atomic mass is 10.0. The van der Waals surface area contributed by atoms with Crippen molar-refractivity contribution in [2.24, 2.45) is 5.92 Å². The van der Waals surface area contributed by atoms with Crippen molar-refractivity contribution in [1.29, 1.82) is 0 Å². The van der Waals surface area contributed by atoms with Crippen LogP contribution >= 0.6 is 0 Å². The summed E-state index contributed by atoms with van der Waals surface area (Å²) in [5.41, 5.74) is 2.88. The van der Waals surface area contributed by atoms with Crippen molar-refractivity contribution in [3.05, 3.63) is 59.9 Å². The first kappa shape index (κ1) is 17.5. The van der Waals surface area contributed by atoms with Gasteiger partial charge in [0.05, 0.1) is 0 Å². The number of nitrogens with one attached hydrogen (secondary N) is 1. The average molecular weight is 341 g/mol. The van der Waals surface area contributed by atoms with Gasteiger partial charge in [-0.2, -0.15) is 0 Å². The van der Waals surface area contributed by atoms with Crippen LogP contribution in [0.1, 0.15) is 38.7 Å². The minimum absolute atomic E-state index is 0.227. The summed E-state index contributed by atoms with van der Waals surface area (Å²) in [6.45, 7) is 6.19. The fourth-order valence-electron chi connectivity index (χ4n) is 3.00. The third kappa shape index (κ3) is 4.81. The molecule has 2 aromatic rings. The Balaban J connectivity index is 1.58. The molecule has 3 rings (SSSR count). The fourth-order valence-corrected chi connectivity index (χ4v) is 3.00. The Hall–Kier alpha value is -2.36. The third-order valence-corrected chi connectivity index (χ3v) is 4.32. The largest absolute Gasteiger partial charge is 0.444 e. The second-order valence-electron chi connectivity index (χ2n) is 7.62. The zero-order valence-corrected chi connectivity index (χ0v) is 14.9. The van der Waals surface area contributed by atoms with E-state index in [1.54, 1.807) is 12.1 Å². The number of amides is 1. The highest BCUT2D eigenvalue weighted by Crippen LogP contribution is 2.47. The highest BCUT2D eigenvalue weighted by molar-refractivity contribution is 5.68. The zero-order valence-electron chi connectivity index (χ0n) is 14.9. The van der Waals surface area contributed by atoms with Gasteiger partial charge in [-0.15, -0.1) is 0 Å².